The van der Waals surface area contributed by atoms with Crippen molar-refractivity contribution in [1.82, 2.24) is 30.1 Å². The highest BCUT2D eigenvalue weighted by molar-refractivity contribution is 5.80. The lowest BCUT2D eigenvalue weighted by Crippen LogP contribution is -2.29. The molecule has 11 nitrogen and oxygen atoms in total. The van der Waals surface area contributed by atoms with Crippen LogP contribution in [0.25, 0.3) is 10.9 Å². The van der Waals surface area contributed by atoms with Crippen molar-refractivity contribution in [1.29, 1.82) is 0 Å². The molecule has 1 unspecified atom stereocenters. The van der Waals surface area contributed by atoms with Gasteiger partial charge in [0.1, 0.15) is 5.75 Å². The minimum Gasteiger partial charge on any atom is -0.497 e. The largest absolute Gasteiger partial charge is 0.497 e. The molecule has 4 heterocycles. The zero-order chi connectivity index (χ0) is 25.2. The summed E-state index contributed by atoms with van der Waals surface area (Å²) in [6, 6.07) is 13.4. The first-order valence-corrected chi connectivity index (χ1v) is 12.3. The molecule has 6 rings (SSSR count). The fraction of sp³-hybridized carbons (Fsp3) is 0.385. The third-order valence-electron chi connectivity index (χ3n) is 6.74. The summed E-state index contributed by atoms with van der Waals surface area (Å²) in [7, 11) is 1.63. The lowest BCUT2D eigenvalue weighted by atomic mass is 10.1. The van der Waals surface area contributed by atoms with Crippen molar-refractivity contribution in [3.63, 3.8) is 0 Å². The normalized spacial score (nSPS) is 16.6. The van der Waals surface area contributed by atoms with Crippen molar-refractivity contribution in [3.8, 4) is 17.2 Å². The zero-order valence-electron chi connectivity index (χ0n) is 20.6. The predicted molar refractivity (Wildman–Crippen MR) is 133 cm³/mol. The highest BCUT2D eigenvalue weighted by Crippen LogP contribution is 2.33. The molecule has 1 atom stereocenters. The average molecular weight is 505 g/mol. The maximum absolute atomic E-state index is 13.0. The number of fused-ring (bicyclic) bond motifs is 2. The Morgan fingerprint density at radius 3 is 2.89 bits per heavy atom. The summed E-state index contributed by atoms with van der Waals surface area (Å²) in [6.07, 6.45) is 2.16. The van der Waals surface area contributed by atoms with E-state index >= 15 is 0 Å². The molecule has 0 radical (unpaired) electrons. The molecule has 0 aliphatic carbocycles. The SMILES string of the molecule is COc1ccc2[nH]c(=O)c(CN(Cc3ccc4c(c3)OCO4)Cc3nnnn3CC3CCCO3)cc2c1. The number of tetrazole rings is 1. The van der Waals surface area contributed by atoms with Crippen molar-refractivity contribution >= 4 is 10.9 Å². The number of benzene rings is 2. The van der Waals surface area contributed by atoms with Crippen LogP contribution in [0.4, 0.5) is 0 Å². The number of nitrogens with zero attached hydrogens (tertiary/aromatic N) is 5. The summed E-state index contributed by atoms with van der Waals surface area (Å²) in [5.74, 6) is 2.90. The van der Waals surface area contributed by atoms with Crippen molar-refractivity contribution < 1.29 is 18.9 Å². The molecule has 11 heteroatoms. The van der Waals surface area contributed by atoms with Crippen LogP contribution in [0.1, 0.15) is 29.8 Å². The summed E-state index contributed by atoms with van der Waals surface area (Å²) in [6.45, 7) is 2.99. The van der Waals surface area contributed by atoms with Gasteiger partial charge in [0.15, 0.2) is 17.3 Å². The molecule has 0 saturated carbocycles. The van der Waals surface area contributed by atoms with Crippen molar-refractivity contribution in [2.75, 3.05) is 20.5 Å². The number of methoxy groups -OCH3 is 1. The van der Waals surface area contributed by atoms with E-state index in [1.54, 1.807) is 11.8 Å². The smallest absolute Gasteiger partial charge is 0.252 e. The van der Waals surface area contributed by atoms with Gasteiger partial charge in [0, 0.05) is 36.2 Å². The fourth-order valence-corrected chi connectivity index (χ4v) is 4.84. The Morgan fingerprint density at radius 1 is 1.11 bits per heavy atom. The van der Waals surface area contributed by atoms with Gasteiger partial charge in [0.2, 0.25) is 6.79 Å². The van der Waals surface area contributed by atoms with Gasteiger partial charge >= 0.3 is 0 Å². The Balaban J connectivity index is 1.29. The van der Waals surface area contributed by atoms with Gasteiger partial charge in [-0.05, 0) is 65.2 Å². The summed E-state index contributed by atoms with van der Waals surface area (Å²) in [5.41, 5.74) is 2.30. The first-order chi connectivity index (χ1) is 18.1. The van der Waals surface area contributed by atoms with Crippen LogP contribution >= 0.6 is 0 Å². The van der Waals surface area contributed by atoms with E-state index < -0.39 is 0 Å². The third kappa shape index (κ3) is 5.13. The lowest BCUT2D eigenvalue weighted by molar-refractivity contribution is 0.0914. The van der Waals surface area contributed by atoms with Gasteiger partial charge < -0.3 is 23.9 Å². The van der Waals surface area contributed by atoms with Gasteiger partial charge in [-0.15, -0.1) is 5.10 Å². The van der Waals surface area contributed by atoms with E-state index in [1.807, 2.05) is 42.5 Å². The summed E-state index contributed by atoms with van der Waals surface area (Å²) < 4.78 is 24.0. The number of hydrogen-bond donors (Lipinski definition) is 1. The van der Waals surface area contributed by atoms with E-state index in [0.717, 1.165) is 59.0 Å². The molecule has 2 aliphatic heterocycles. The Hall–Kier alpha value is -3.96. The molecule has 37 heavy (non-hydrogen) atoms. The number of rotatable bonds is 9. The number of pyridine rings is 1. The number of hydrogen-bond acceptors (Lipinski definition) is 9. The van der Waals surface area contributed by atoms with Crippen LogP contribution in [0.2, 0.25) is 0 Å². The van der Waals surface area contributed by atoms with Gasteiger partial charge in [-0.25, -0.2) is 4.68 Å². The van der Waals surface area contributed by atoms with Crippen molar-refractivity contribution in [3.05, 3.63) is 69.8 Å². The monoisotopic (exact) mass is 504 g/mol. The first kappa shape index (κ1) is 23.4. The highest BCUT2D eigenvalue weighted by atomic mass is 16.7. The minimum atomic E-state index is -0.132. The lowest BCUT2D eigenvalue weighted by Gasteiger charge is -2.22. The number of aromatic nitrogens is 5. The van der Waals surface area contributed by atoms with Gasteiger partial charge in [-0.2, -0.15) is 0 Å². The van der Waals surface area contributed by atoms with E-state index in [0.29, 0.717) is 31.7 Å². The van der Waals surface area contributed by atoms with Gasteiger partial charge in [0.25, 0.3) is 5.56 Å². The van der Waals surface area contributed by atoms with Crippen LogP contribution in [0, 0.1) is 0 Å². The van der Waals surface area contributed by atoms with E-state index in [1.165, 1.54) is 0 Å². The third-order valence-corrected chi connectivity index (χ3v) is 6.74. The zero-order valence-corrected chi connectivity index (χ0v) is 20.6. The molecular weight excluding hydrogens is 476 g/mol. The van der Waals surface area contributed by atoms with Crippen LogP contribution < -0.4 is 19.8 Å². The molecule has 2 aromatic heterocycles. The van der Waals surface area contributed by atoms with E-state index in [9.17, 15) is 4.79 Å². The summed E-state index contributed by atoms with van der Waals surface area (Å²) in [4.78, 5) is 18.2. The predicted octanol–water partition coefficient (Wildman–Crippen LogP) is 2.63. The molecule has 192 valence electrons. The van der Waals surface area contributed by atoms with Crippen LogP contribution in [0.5, 0.6) is 17.2 Å². The van der Waals surface area contributed by atoms with Crippen LogP contribution in [0.3, 0.4) is 0 Å². The van der Waals surface area contributed by atoms with Gasteiger partial charge in [-0.1, -0.05) is 6.07 Å². The minimum absolute atomic E-state index is 0.114. The standard InChI is InChI=1S/C26H28N6O5/c1-34-20-5-6-22-18(11-20)10-19(26(33)27-22)13-31(12-17-4-7-23-24(9-17)37-16-36-23)15-25-28-29-30-32(25)14-21-3-2-8-35-21/h4-7,9-11,21H,2-3,8,12-16H2,1H3,(H,27,33). The molecule has 2 aromatic carbocycles. The number of aromatic amines is 1. The molecule has 1 fully saturated rings. The maximum Gasteiger partial charge on any atom is 0.252 e. The Morgan fingerprint density at radius 2 is 2.03 bits per heavy atom. The van der Waals surface area contributed by atoms with E-state index in [4.69, 9.17) is 18.9 Å². The second-order valence-electron chi connectivity index (χ2n) is 9.32. The second-order valence-corrected chi connectivity index (χ2v) is 9.32. The molecule has 0 amide bonds. The van der Waals surface area contributed by atoms with E-state index in [2.05, 4.69) is 25.4 Å². The highest BCUT2D eigenvalue weighted by Gasteiger charge is 2.21. The Labute approximate surface area is 212 Å². The molecule has 4 aromatic rings. The number of H-pyrrole nitrogens is 1. The fourth-order valence-electron chi connectivity index (χ4n) is 4.84. The second kappa shape index (κ2) is 10.2. The average Bonchev–Trinajstić information content (AvgIpc) is 3.67. The quantitative estimate of drug-likeness (QED) is 0.367. The van der Waals surface area contributed by atoms with Crippen molar-refractivity contribution in [2.24, 2.45) is 0 Å². The molecule has 0 bridgehead atoms. The molecule has 1 N–H and O–H groups in total. The molecule has 0 spiro atoms. The molecule has 1 saturated heterocycles. The van der Waals surface area contributed by atoms with Crippen LogP contribution in [-0.4, -0.2) is 56.7 Å². The molecular formula is C26H28N6O5. The topological polar surface area (TPSA) is 117 Å². The maximum atomic E-state index is 13.0. The molecule has 2 aliphatic rings. The Bertz CT molecular complexity index is 1460. The number of nitrogens with one attached hydrogen (secondary N) is 1. The summed E-state index contributed by atoms with van der Waals surface area (Å²) in [5, 5.41) is 13.3. The Kier molecular flexibility index (Phi) is 6.46. The van der Waals surface area contributed by atoms with Gasteiger partial charge in [-0.3, -0.25) is 9.69 Å². The van der Waals surface area contributed by atoms with E-state index in [-0.39, 0.29) is 18.5 Å². The number of ether oxygens (including phenoxy) is 4. The van der Waals surface area contributed by atoms with Crippen LogP contribution in [0.15, 0.2) is 47.3 Å². The summed E-state index contributed by atoms with van der Waals surface area (Å²) >= 11 is 0. The van der Waals surface area contributed by atoms with Crippen LogP contribution in [-0.2, 0) is 30.9 Å². The first-order valence-electron chi connectivity index (χ1n) is 12.3. The van der Waals surface area contributed by atoms with Gasteiger partial charge in [0.05, 0.1) is 26.3 Å². The van der Waals surface area contributed by atoms with Crippen molar-refractivity contribution in [2.45, 2.75) is 45.1 Å².